The van der Waals surface area contributed by atoms with Crippen molar-refractivity contribution in [1.29, 1.82) is 0 Å². The molecule has 1 amide bonds. The Hall–Kier alpha value is -2.48. The maximum atomic E-state index is 13.5. The summed E-state index contributed by atoms with van der Waals surface area (Å²) in [7, 11) is -3.87. The molecule has 0 spiro atoms. The maximum Gasteiger partial charge on any atom is 0.240 e. The number of rotatable bonds is 8. The van der Waals surface area contributed by atoms with Crippen molar-refractivity contribution in [2.24, 2.45) is 0 Å². The summed E-state index contributed by atoms with van der Waals surface area (Å²) < 4.78 is 51.6. The molecule has 0 bridgehead atoms. The van der Waals surface area contributed by atoms with Crippen LogP contribution in [0.3, 0.4) is 0 Å². The topological polar surface area (TPSA) is 66.5 Å². The van der Waals surface area contributed by atoms with Crippen molar-refractivity contribution in [3.05, 3.63) is 65.7 Å². The molecule has 2 aromatic rings. The lowest BCUT2D eigenvalue weighted by Crippen LogP contribution is -2.44. The molecule has 158 valence electrons. The molecule has 0 heterocycles. The average Bonchev–Trinajstić information content (AvgIpc) is 2.61. The molecule has 2 rings (SSSR count). The number of sulfonamides is 1. The fourth-order valence-electron chi connectivity index (χ4n) is 3.31. The third-order valence-corrected chi connectivity index (χ3v) is 5.80. The number of carbonyl (C=O) groups is 1. The predicted molar refractivity (Wildman–Crippen MR) is 110 cm³/mol. The minimum atomic E-state index is -3.87. The zero-order valence-electron chi connectivity index (χ0n) is 16.9. The summed E-state index contributed by atoms with van der Waals surface area (Å²) in [4.78, 5) is 12.5. The quantitative estimate of drug-likeness (QED) is 0.704. The van der Waals surface area contributed by atoms with Crippen molar-refractivity contribution in [1.82, 2.24) is 5.32 Å². The molecule has 2 aromatic carbocycles. The number of hydrogen-bond donors (Lipinski definition) is 1. The normalized spacial score (nSPS) is 13.0. The van der Waals surface area contributed by atoms with Gasteiger partial charge in [0.05, 0.1) is 11.9 Å². The maximum absolute atomic E-state index is 13.5. The van der Waals surface area contributed by atoms with Gasteiger partial charge in [0.25, 0.3) is 0 Å². The summed E-state index contributed by atoms with van der Waals surface area (Å²) in [5, 5.41) is 2.79. The number of halogens is 2. The number of anilines is 1. The molecular weight excluding hydrogens is 398 g/mol. The van der Waals surface area contributed by atoms with Crippen LogP contribution in [0.1, 0.15) is 32.8 Å². The van der Waals surface area contributed by atoms with E-state index in [1.165, 1.54) is 0 Å². The minimum Gasteiger partial charge on any atom is -0.352 e. The third kappa shape index (κ3) is 6.25. The van der Waals surface area contributed by atoms with Gasteiger partial charge in [-0.15, -0.1) is 0 Å². The van der Waals surface area contributed by atoms with Gasteiger partial charge in [-0.05, 0) is 36.5 Å². The molecule has 0 fully saturated rings. The highest BCUT2D eigenvalue weighted by Gasteiger charge is 2.26. The lowest BCUT2D eigenvalue weighted by Gasteiger charge is -2.30. The highest BCUT2D eigenvalue weighted by molar-refractivity contribution is 7.92. The van der Waals surface area contributed by atoms with Crippen molar-refractivity contribution in [3.8, 4) is 0 Å². The molecule has 1 atom stereocenters. The number of hydrogen-bond acceptors (Lipinski definition) is 3. The SMILES string of the molecule is CC(CC(C)(C)c1ccccc1)NC(=O)CN(c1ccc(F)c(F)c1)S(C)(=O)=O. The van der Waals surface area contributed by atoms with Gasteiger partial charge in [0.1, 0.15) is 6.54 Å². The van der Waals surface area contributed by atoms with Crippen LogP contribution in [0, 0.1) is 11.6 Å². The van der Waals surface area contributed by atoms with Crippen LogP contribution in [-0.2, 0) is 20.2 Å². The van der Waals surface area contributed by atoms with Crippen LogP contribution >= 0.6 is 0 Å². The van der Waals surface area contributed by atoms with Crippen molar-refractivity contribution < 1.29 is 22.0 Å². The lowest BCUT2D eigenvalue weighted by atomic mass is 9.79. The van der Waals surface area contributed by atoms with Gasteiger partial charge in [-0.25, -0.2) is 17.2 Å². The predicted octanol–water partition coefficient (Wildman–Crippen LogP) is 3.60. The lowest BCUT2D eigenvalue weighted by molar-refractivity contribution is -0.120. The first-order valence-corrected chi connectivity index (χ1v) is 11.0. The van der Waals surface area contributed by atoms with E-state index in [1.807, 2.05) is 37.3 Å². The Morgan fingerprint density at radius 1 is 1.10 bits per heavy atom. The van der Waals surface area contributed by atoms with E-state index >= 15 is 0 Å². The summed E-state index contributed by atoms with van der Waals surface area (Å²) in [6, 6.07) is 12.3. The molecule has 0 radical (unpaired) electrons. The zero-order chi connectivity index (χ0) is 21.8. The molecule has 0 aliphatic carbocycles. The Labute approximate surface area is 170 Å². The molecule has 29 heavy (non-hydrogen) atoms. The molecule has 5 nitrogen and oxygen atoms in total. The van der Waals surface area contributed by atoms with E-state index in [-0.39, 0.29) is 17.1 Å². The van der Waals surface area contributed by atoms with E-state index in [9.17, 15) is 22.0 Å². The zero-order valence-corrected chi connectivity index (χ0v) is 17.8. The van der Waals surface area contributed by atoms with E-state index in [2.05, 4.69) is 19.2 Å². The van der Waals surface area contributed by atoms with Gasteiger partial charge < -0.3 is 5.32 Å². The van der Waals surface area contributed by atoms with Crippen LogP contribution in [-0.4, -0.2) is 33.2 Å². The molecular formula is C21H26F2N2O3S. The van der Waals surface area contributed by atoms with Crippen LogP contribution in [0.4, 0.5) is 14.5 Å². The largest absolute Gasteiger partial charge is 0.352 e. The van der Waals surface area contributed by atoms with E-state index in [1.54, 1.807) is 0 Å². The van der Waals surface area contributed by atoms with Crippen molar-refractivity contribution in [2.75, 3.05) is 17.1 Å². The van der Waals surface area contributed by atoms with Gasteiger partial charge >= 0.3 is 0 Å². The summed E-state index contributed by atoms with van der Waals surface area (Å²) in [6.45, 7) is 5.44. The number of carbonyl (C=O) groups excluding carboxylic acids is 1. The summed E-state index contributed by atoms with van der Waals surface area (Å²) >= 11 is 0. The first-order valence-electron chi connectivity index (χ1n) is 9.18. The monoisotopic (exact) mass is 424 g/mol. The second-order valence-electron chi connectivity index (χ2n) is 7.79. The second-order valence-corrected chi connectivity index (χ2v) is 9.70. The van der Waals surface area contributed by atoms with Gasteiger partial charge in [-0.3, -0.25) is 9.10 Å². The Morgan fingerprint density at radius 3 is 2.28 bits per heavy atom. The van der Waals surface area contributed by atoms with Gasteiger partial charge in [0.15, 0.2) is 11.6 Å². The summed E-state index contributed by atoms with van der Waals surface area (Å²) in [5.74, 6) is -2.81. The van der Waals surface area contributed by atoms with Crippen molar-refractivity contribution in [2.45, 2.75) is 38.6 Å². The van der Waals surface area contributed by atoms with E-state index in [0.717, 1.165) is 34.3 Å². The minimum absolute atomic E-state index is 0.112. The molecule has 0 aromatic heterocycles. The Bertz CT molecular complexity index is 963. The molecule has 8 heteroatoms. The van der Waals surface area contributed by atoms with Gasteiger partial charge in [-0.1, -0.05) is 44.2 Å². The number of nitrogens with one attached hydrogen (secondary N) is 1. The van der Waals surface area contributed by atoms with Crippen LogP contribution in [0.2, 0.25) is 0 Å². The standard InChI is InChI=1S/C21H26F2N2O3S/c1-15(13-21(2,3)16-8-6-5-7-9-16)24-20(26)14-25(29(4,27)28)17-10-11-18(22)19(23)12-17/h5-12,15H,13-14H2,1-4H3,(H,24,26). The highest BCUT2D eigenvalue weighted by atomic mass is 32.2. The summed E-state index contributed by atoms with van der Waals surface area (Å²) in [5.41, 5.74) is 0.810. The van der Waals surface area contributed by atoms with Gasteiger partial charge in [0.2, 0.25) is 15.9 Å². The first-order chi connectivity index (χ1) is 13.4. The van der Waals surface area contributed by atoms with Crippen LogP contribution in [0.15, 0.2) is 48.5 Å². The van der Waals surface area contributed by atoms with E-state index < -0.39 is 34.1 Å². The Kier molecular flexibility index (Phi) is 7.00. The number of nitrogens with zero attached hydrogens (tertiary/aromatic N) is 1. The van der Waals surface area contributed by atoms with Crippen LogP contribution < -0.4 is 9.62 Å². The molecule has 0 aliphatic rings. The average molecular weight is 425 g/mol. The Morgan fingerprint density at radius 2 is 1.72 bits per heavy atom. The molecule has 0 saturated heterocycles. The van der Waals surface area contributed by atoms with Gasteiger partial charge in [-0.2, -0.15) is 0 Å². The van der Waals surface area contributed by atoms with Crippen molar-refractivity contribution >= 4 is 21.6 Å². The fraction of sp³-hybridized carbons (Fsp3) is 0.381. The number of benzene rings is 2. The molecule has 0 aliphatic heterocycles. The number of amides is 1. The van der Waals surface area contributed by atoms with Gasteiger partial charge in [0, 0.05) is 12.1 Å². The van der Waals surface area contributed by atoms with Crippen LogP contribution in [0.5, 0.6) is 0 Å². The molecule has 0 saturated carbocycles. The van der Waals surface area contributed by atoms with E-state index in [0.29, 0.717) is 6.42 Å². The van der Waals surface area contributed by atoms with Crippen LogP contribution in [0.25, 0.3) is 0 Å². The first kappa shape index (κ1) is 22.8. The smallest absolute Gasteiger partial charge is 0.240 e. The molecule has 1 unspecified atom stereocenters. The third-order valence-electron chi connectivity index (χ3n) is 4.66. The van der Waals surface area contributed by atoms with E-state index in [4.69, 9.17) is 0 Å². The Balaban J connectivity index is 2.09. The second kappa shape index (κ2) is 8.90. The highest BCUT2D eigenvalue weighted by Crippen LogP contribution is 2.28. The summed E-state index contributed by atoms with van der Waals surface area (Å²) in [6.07, 6.45) is 1.54. The molecule has 1 N–H and O–H groups in total. The van der Waals surface area contributed by atoms with Crippen molar-refractivity contribution in [3.63, 3.8) is 0 Å². The fourth-order valence-corrected chi connectivity index (χ4v) is 4.16.